The van der Waals surface area contributed by atoms with E-state index in [1.54, 1.807) is 12.3 Å². The minimum absolute atomic E-state index is 0.0994. The summed E-state index contributed by atoms with van der Waals surface area (Å²) < 4.78 is 7.05. The quantitative estimate of drug-likeness (QED) is 0.689. The van der Waals surface area contributed by atoms with E-state index in [0.717, 1.165) is 29.7 Å². The van der Waals surface area contributed by atoms with Gasteiger partial charge < -0.3 is 9.30 Å². The molecule has 0 saturated carbocycles. The van der Waals surface area contributed by atoms with Gasteiger partial charge in [0.1, 0.15) is 0 Å². The Hall–Kier alpha value is -2.95. The lowest BCUT2D eigenvalue weighted by Crippen LogP contribution is -2.14. The molecular weight excluding hydrogens is 316 g/mol. The second kappa shape index (κ2) is 6.16. The van der Waals surface area contributed by atoms with Gasteiger partial charge in [0.05, 0.1) is 30.4 Å². The Morgan fingerprint density at radius 3 is 2.84 bits per heavy atom. The highest BCUT2D eigenvalue weighted by Gasteiger charge is 2.29. The number of fused-ring (bicyclic) bond motifs is 3. The summed E-state index contributed by atoms with van der Waals surface area (Å²) in [5, 5.41) is 0.713. The number of ketones is 1. The van der Waals surface area contributed by atoms with Crippen LogP contribution in [-0.2, 0) is 17.7 Å². The summed E-state index contributed by atoms with van der Waals surface area (Å²) in [5.74, 6) is -0.316. The largest absolute Gasteiger partial charge is 0.465 e. The fourth-order valence-electron chi connectivity index (χ4n) is 3.67. The number of rotatable bonds is 3. The molecule has 1 aliphatic carbocycles. The zero-order valence-corrected chi connectivity index (χ0v) is 14.0. The van der Waals surface area contributed by atoms with Crippen LogP contribution < -0.4 is 0 Å². The van der Waals surface area contributed by atoms with E-state index in [9.17, 15) is 9.59 Å². The van der Waals surface area contributed by atoms with E-state index in [0.29, 0.717) is 29.5 Å². The zero-order valence-electron chi connectivity index (χ0n) is 14.0. The summed E-state index contributed by atoms with van der Waals surface area (Å²) in [6, 6.07) is 11.3. The lowest BCUT2D eigenvalue weighted by atomic mass is 9.92. The monoisotopic (exact) mass is 334 g/mol. The average molecular weight is 334 g/mol. The van der Waals surface area contributed by atoms with Crippen LogP contribution in [0, 0.1) is 0 Å². The number of hydrogen-bond acceptors (Lipinski definition) is 4. The fourth-order valence-corrected chi connectivity index (χ4v) is 3.67. The van der Waals surface area contributed by atoms with Gasteiger partial charge in [0.15, 0.2) is 5.78 Å². The molecule has 0 N–H and O–H groups in total. The zero-order chi connectivity index (χ0) is 17.4. The normalized spacial score (nSPS) is 13.7. The van der Waals surface area contributed by atoms with E-state index in [1.807, 2.05) is 30.3 Å². The minimum Gasteiger partial charge on any atom is -0.465 e. The van der Waals surface area contributed by atoms with Gasteiger partial charge in [0, 0.05) is 29.3 Å². The number of benzene rings is 1. The van der Waals surface area contributed by atoms with Gasteiger partial charge in [0.2, 0.25) is 0 Å². The first kappa shape index (κ1) is 15.6. The fraction of sp³-hybridized carbons (Fsp3) is 0.250. The van der Waals surface area contributed by atoms with Crippen LogP contribution in [0.4, 0.5) is 0 Å². The van der Waals surface area contributed by atoms with Crippen molar-refractivity contribution in [3.05, 3.63) is 65.1 Å². The molecule has 2 heterocycles. The Morgan fingerprint density at radius 1 is 1.20 bits per heavy atom. The molecule has 0 unspecified atom stereocenters. The number of ether oxygens (including phenoxy) is 1. The van der Waals surface area contributed by atoms with Crippen LogP contribution in [0.5, 0.6) is 0 Å². The van der Waals surface area contributed by atoms with Crippen LogP contribution in [0.2, 0.25) is 0 Å². The number of esters is 1. The Kier molecular flexibility index (Phi) is 3.84. The molecule has 0 spiro atoms. The van der Waals surface area contributed by atoms with Crippen molar-refractivity contribution in [2.75, 3.05) is 7.11 Å². The number of methoxy groups -OCH3 is 1. The smallest absolute Gasteiger partial charge is 0.338 e. The number of Topliss-reactive ketones (excluding diaryl/α,β-unsaturated/α-hetero) is 1. The Balaban J connectivity index is 2.00. The standard InChI is InChI=1S/C20H18N2O3/c1-25-20(24)14-7-4-8-15-18(14)19-16(9-5-10-17(19)23)22(15)12-13-6-2-3-11-21-13/h2-4,6-8,11H,5,9-10,12H2,1H3. The van der Waals surface area contributed by atoms with E-state index >= 15 is 0 Å². The SMILES string of the molecule is COC(=O)c1cccc2c1c1c(n2Cc2ccccn2)CCCC1=O. The van der Waals surface area contributed by atoms with E-state index in [2.05, 4.69) is 9.55 Å². The van der Waals surface area contributed by atoms with E-state index < -0.39 is 5.97 Å². The predicted molar refractivity (Wildman–Crippen MR) is 93.9 cm³/mol. The average Bonchev–Trinajstić information content (AvgIpc) is 2.97. The highest BCUT2D eigenvalue weighted by Crippen LogP contribution is 2.35. The Labute approximate surface area is 145 Å². The molecule has 0 saturated heterocycles. The second-order valence-electron chi connectivity index (χ2n) is 6.20. The number of aromatic nitrogens is 2. The van der Waals surface area contributed by atoms with Crippen LogP contribution in [-0.4, -0.2) is 28.4 Å². The minimum atomic E-state index is -0.415. The molecule has 1 aliphatic rings. The molecule has 0 atom stereocenters. The van der Waals surface area contributed by atoms with E-state index in [-0.39, 0.29) is 5.78 Å². The molecule has 0 aliphatic heterocycles. The summed E-state index contributed by atoms with van der Waals surface area (Å²) in [6.07, 6.45) is 3.94. The lowest BCUT2D eigenvalue weighted by molar-refractivity contribution is 0.0603. The van der Waals surface area contributed by atoms with Crippen LogP contribution in [0.3, 0.4) is 0 Å². The molecule has 0 radical (unpaired) electrons. The lowest BCUT2D eigenvalue weighted by Gasteiger charge is -2.15. The maximum Gasteiger partial charge on any atom is 0.338 e. The highest BCUT2D eigenvalue weighted by atomic mass is 16.5. The molecule has 4 rings (SSSR count). The molecule has 126 valence electrons. The summed E-state index contributed by atoms with van der Waals surface area (Å²) in [5.41, 5.74) is 3.93. The van der Waals surface area contributed by atoms with Crippen molar-refractivity contribution in [2.45, 2.75) is 25.8 Å². The topological polar surface area (TPSA) is 61.2 Å². The maximum atomic E-state index is 12.6. The molecule has 1 aromatic carbocycles. The van der Waals surface area contributed by atoms with Crippen LogP contribution >= 0.6 is 0 Å². The van der Waals surface area contributed by atoms with Gasteiger partial charge in [-0.25, -0.2) is 4.79 Å². The molecule has 25 heavy (non-hydrogen) atoms. The third-order valence-corrected chi connectivity index (χ3v) is 4.75. The van der Waals surface area contributed by atoms with Crippen LogP contribution in [0.15, 0.2) is 42.6 Å². The summed E-state index contributed by atoms with van der Waals surface area (Å²) in [4.78, 5) is 29.3. The van der Waals surface area contributed by atoms with Gasteiger partial charge in [-0.15, -0.1) is 0 Å². The van der Waals surface area contributed by atoms with Gasteiger partial charge in [0.25, 0.3) is 0 Å². The van der Waals surface area contributed by atoms with Gasteiger partial charge in [-0.3, -0.25) is 9.78 Å². The summed E-state index contributed by atoms with van der Waals surface area (Å²) >= 11 is 0. The van der Waals surface area contributed by atoms with Crippen molar-refractivity contribution in [1.82, 2.24) is 9.55 Å². The predicted octanol–water partition coefficient (Wildman–Crippen LogP) is 3.39. The molecule has 0 amide bonds. The van der Waals surface area contributed by atoms with Crippen LogP contribution in [0.25, 0.3) is 10.9 Å². The number of carbonyl (C=O) groups excluding carboxylic acids is 2. The van der Waals surface area contributed by atoms with Crippen molar-refractivity contribution in [3.8, 4) is 0 Å². The van der Waals surface area contributed by atoms with Crippen molar-refractivity contribution in [1.29, 1.82) is 0 Å². The Bertz CT molecular complexity index is 974. The first-order valence-corrected chi connectivity index (χ1v) is 8.36. The van der Waals surface area contributed by atoms with Gasteiger partial charge in [-0.05, 0) is 37.1 Å². The summed E-state index contributed by atoms with van der Waals surface area (Å²) in [6.45, 7) is 0.574. The van der Waals surface area contributed by atoms with Gasteiger partial charge in [-0.1, -0.05) is 12.1 Å². The van der Waals surface area contributed by atoms with Gasteiger partial charge >= 0.3 is 5.97 Å². The molecule has 5 heteroatoms. The van der Waals surface area contributed by atoms with Crippen LogP contribution in [0.1, 0.15) is 44.9 Å². The molecule has 5 nitrogen and oxygen atoms in total. The van der Waals surface area contributed by atoms with E-state index in [1.165, 1.54) is 7.11 Å². The maximum absolute atomic E-state index is 12.6. The molecule has 0 fully saturated rings. The third-order valence-electron chi connectivity index (χ3n) is 4.75. The highest BCUT2D eigenvalue weighted by molar-refractivity contribution is 6.16. The first-order chi connectivity index (χ1) is 12.2. The molecule has 2 aromatic heterocycles. The molecule has 3 aromatic rings. The summed E-state index contributed by atoms with van der Waals surface area (Å²) in [7, 11) is 1.36. The number of pyridine rings is 1. The van der Waals surface area contributed by atoms with Crippen molar-refractivity contribution in [2.24, 2.45) is 0 Å². The molecule has 0 bridgehead atoms. The third kappa shape index (κ3) is 2.52. The first-order valence-electron chi connectivity index (χ1n) is 8.36. The van der Waals surface area contributed by atoms with E-state index in [4.69, 9.17) is 4.74 Å². The Morgan fingerprint density at radius 2 is 2.08 bits per heavy atom. The number of hydrogen-bond donors (Lipinski definition) is 0. The second-order valence-corrected chi connectivity index (χ2v) is 6.20. The molecular formula is C20H18N2O3. The number of nitrogens with zero attached hydrogens (tertiary/aromatic N) is 2. The van der Waals surface area contributed by atoms with Crippen molar-refractivity contribution in [3.63, 3.8) is 0 Å². The van der Waals surface area contributed by atoms with Crippen molar-refractivity contribution < 1.29 is 14.3 Å². The van der Waals surface area contributed by atoms with Gasteiger partial charge in [-0.2, -0.15) is 0 Å². The van der Waals surface area contributed by atoms with Crippen molar-refractivity contribution >= 4 is 22.7 Å². The number of carbonyl (C=O) groups is 2.